The van der Waals surface area contributed by atoms with Gasteiger partial charge >= 0.3 is 0 Å². The predicted molar refractivity (Wildman–Crippen MR) is 56.1 cm³/mol. The number of halogens is 2. The Labute approximate surface area is 94.0 Å². The van der Waals surface area contributed by atoms with Crippen LogP contribution in [0.4, 0.5) is 10.1 Å². The maximum Gasteiger partial charge on any atom is 0.294 e. The van der Waals surface area contributed by atoms with E-state index in [0.717, 1.165) is 0 Å². The van der Waals surface area contributed by atoms with Crippen LogP contribution in [0.25, 0.3) is 0 Å². The van der Waals surface area contributed by atoms with E-state index in [-0.39, 0.29) is 6.42 Å². The summed E-state index contributed by atoms with van der Waals surface area (Å²) in [6, 6.07) is 4.04. The van der Waals surface area contributed by atoms with E-state index >= 15 is 0 Å². The van der Waals surface area contributed by atoms with Crippen LogP contribution in [0.1, 0.15) is 6.42 Å². The molecule has 0 N–H and O–H groups in total. The predicted octanol–water partition coefficient (Wildman–Crippen LogP) is 1.89. The van der Waals surface area contributed by atoms with Gasteiger partial charge in [0, 0.05) is 17.4 Å². The number of carbonyl (C=O) groups excluding carboxylic acids is 2. The maximum absolute atomic E-state index is 13.0. The van der Waals surface area contributed by atoms with E-state index in [0.29, 0.717) is 16.7 Å². The molecular weight excluding hydrogens is 265 g/mol. The fourth-order valence-corrected chi connectivity index (χ4v) is 1.96. The first-order valence-electron chi connectivity index (χ1n) is 4.39. The summed E-state index contributed by atoms with van der Waals surface area (Å²) in [7, 11) is 0. The zero-order valence-electron chi connectivity index (χ0n) is 7.67. The van der Waals surface area contributed by atoms with Gasteiger partial charge in [0.05, 0.1) is 5.69 Å². The highest BCUT2D eigenvalue weighted by molar-refractivity contribution is 9.10. The lowest BCUT2D eigenvalue weighted by atomic mass is 10.3. The van der Waals surface area contributed by atoms with Gasteiger partial charge in [-0.2, -0.15) is 0 Å². The molecule has 1 aromatic rings. The monoisotopic (exact) mass is 271 g/mol. The Hall–Kier alpha value is -1.23. The summed E-state index contributed by atoms with van der Waals surface area (Å²) in [4.78, 5) is 23.7. The van der Waals surface area contributed by atoms with Crippen molar-refractivity contribution in [3.8, 4) is 0 Å². The number of hydrogen-bond acceptors (Lipinski definition) is 2. The SMILES string of the molecule is O=C1CCN(c2cc(F)ccc2Br)C1=O. The fourth-order valence-electron chi connectivity index (χ4n) is 1.49. The summed E-state index contributed by atoms with van der Waals surface area (Å²) >= 11 is 3.22. The number of rotatable bonds is 1. The number of benzene rings is 1. The second kappa shape index (κ2) is 3.73. The Kier molecular flexibility index (Phi) is 2.56. The lowest BCUT2D eigenvalue weighted by molar-refractivity contribution is -0.133. The molecule has 0 aromatic heterocycles. The van der Waals surface area contributed by atoms with Gasteiger partial charge in [-0.05, 0) is 34.1 Å². The van der Waals surface area contributed by atoms with Crippen molar-refractivity contribution in [2.24, 2.45) is 0 Å². The number of carbonyl (C=O) groups is 2. The van der Waals surface area contributed by atoms with Gasteiger partial charge in [0.15, 0.2) is 0 Å². The normalized spacial score (nSPS) is 16.3. The Bertz CT molecular complexity index is 447. The third-order valence-corrected chi connectivity index (χ3v) is 2.92. The standard InChI is InChI=1S/C10H7BrFNO2/c11-7-2-1-6(12)5-8(7)13-4-3-9(14)10(13)15/h1-2,5H,3-4H2. The fraction of sp³-hybridized carbons (Fsp3) is 0.200. The first-order chi connectivity index (χ1) is 7.09. The van der Waals surface area contributed by atoms with Crippen molar-refractivity contribution in [3.05, 3.63) is 28.5 Å². The van der Waals surface area contributed by atoms with Crippen molar-refractivity contribution in [1.29, 1.82) is 0 Å². The Morgan fingerprint density at radius 1 is 1.33 bits per heavy atom. The van der Waals surface area contributed by atoms with Crippen LogP contribution in [-0.4, -0.2) is 18.2 Å². The molecule has 0 bridgehead atoms. The molecule has 0 spiro atoms. The summed E-state index contributed by atoms with van der Waals surface area (Å²) < 4.78 is 13.6. The van der Waals surface area contributed by atoms with E-state index in [1.165, 1.54) is 23.1 Å². The van der Waals surface area contributed by atoms with E-state index < -0.39 is 17.5 Å². The highest BCUT2D eigenvalue weighted by atomic mass is 79.9. The molecule has 0 aliphatic carbocycles. The van der Waals surface area contributed by atoms with Crippen LogP contribution < -0.4 is 4.90 Å². The summed E-state index contributed by atoms with van der Waals surface area (Å²) in [5.41, 5.74) is 0.408. The van der Waals surface area contributed by atoms with Crippen LogP contribution in [0.15, 0.2) is 22.7 Å². The molecule has 1 aliphatic rings. The second-order valence-corrected chi connectivity index (χ2v) is 4.08. The first-order valence-corrected chi connectivity index (χ1v) is 5.18. The van der Waals surface area contributed by atoms with E-state index in [1.54, 1.807) is 0 Å². The zero-order valence-corrected chi connectivity index (χ0v) is 9.25. The minimum Gasteiger partial charge on any atom is -0.304 e. The summed E-state index contributed by atoms with van der Waals surface area (Å²) in [5, 5.41) is 0. The first kappa shape index (κ1) is 10.3. The van der Waals surface area contributed by atoms with Crippen LogP contribution in [0.3, 0.4) is 0 Å². The molecule has 1 aromatic carbocycles. The summed E-state index contributed by atoms with van der Waals surface area (Å²) in [5.74, 6) is -1.42. The van der Waals surface area contributed by atoms with E-state index in [9.17, 15) is 14.0 Å². The Morgan fingerprint density at radius 2 is 2.07 bits per heavy atom. The highest BCUT2D eigenvalue weighted by Crippen LogP contribution is 2.29. The largest absolute Gasteiger partial charge is 0.304 e. The molecule has 2 rings (SSSR count). The number of Topliss-reactive ketones (excluding diaryl/α,β-unsaturated/α-hetero) is 1. The third-order valence-electron chi connectivity index (χ3n) is 2.25. The van der Waals surface area contributed by atoms with Crippen molar-refractivity contribution in [3.63, 3.8) is 0 Å². The van der Waals surface area contributed by atoms with Gasteiger partial charge in [0.25, 0.3) is 5.91 Å². The average Bonchev–Trinajstić information content (AvgIpc) is 2.52. The minimum atomic E-state index is -0.568. The lowest BCUT2D eigenvalue weighted by Gasteiger charge is -2.16. The average molecular weight is 272 g/mol. The molecule has 3 nitrogen and oxygen atoms in total. The van der Waals surface area contributed by atoms with E-state index in [4.69, 9.17) is 0 Å². The van der Waals surface area contributed by atoms with Gasteiger partial charge in [0.2, 0.25) is 5.78 Å². The summed E-state index contributed by atoms with van der Waals surface area (Å²) in [6.07, 6.45) is 0.196. The molecule has 0 unspecified atom stereocenters. The number of ketones is 1. The van der Waals surface area contributed by atoms with Gasteiger partial charge < -0.3 is 4.90 Å². The molecule has 1 aliphatic heterocycles. The van der Waals surface area contributed by atoms with Gasteiger partial charge in [-0.1, -0.05) is 0 Å². The van der Waals surface area contributed by atoms with E-state index in [2.05, 4.69) is 15.9 Å². The van der Waals surface area contributed by atoms with Gasteiger partial charge in [0.1, 0.15) is 5.82 Å². The zero-order chi connectivity index (χ0) is 11.0. The summed E-state index contributed by atoms with van der Waals surface area (Å²) in [6.45, 7) is 0.319. The number of hydrogen-bond donors (Lipinski definition) is 0. The molecule has 1 amide bonds. The van der Waals surface area contributed by atoms with E-state index in [1.807, 2.05) is 0 Å². The van der Waals surface area contributed by atoms with Gasteiger partial charge in [-0.25, -0.2) is 4.39 Å². The molecule has 1 heterocycles. The number of anilines is 1. The third kappa shape index (κ3) is 1.79. The van der Waals surface area contributed by atoms with Crippen molar-refractivity contribution >= 4 is 33.3 Å². The molecule has 0 radical (unpaired) electrons. The lowest BCUT2D eigenvalue weighted by Crippen LogP contribution is -2.27. The maximum atomic E-state index is 13.0. The second-order valence-electron chi connectivity index (χ2n) is 3.23. The van der Waals surface area contributed by atoms with Crippen molar-refractivity contribution in [2.45, 2.75) is 6.42 Å². The van der Waals surface area contributed by atoms with Crippen molar-refractivity contribution in [1.82, 2.24) is 0 Å². The highest BCUT2D eigenvalue weighted by Gasteiger charge is 2.31. The molecule has 0 atom stereocenters. The molecule has 1 saturated heterocycles. The smallest absolute Gasteiger partial charge is 0.294 e. The quantitative estimate of drug-likeness (QED) is 0.732. The van der Waals surface area contributed by atoms with Crippen LogP contribution in [-0.2, 0) is 9.59 Å². The van der Waals surface area contributed by atoms with Gasteiger partial charge in [-0.15, -0.1) is 0 Å². The Balaban J connectivity index is 2.42. The van der Waals surface area contributed by atoms with Crippen LogP contribution in [0.5, 0.6) is 0 Å². The molecule has 15 heavy (non-hydrogen) atoms. The van der Waals surface area contributed by atoms with Gasteiger partial charge in [-0.3, -0.25) is 9.59 Å². The van der Waals surface area contributed by atoms with Crippen LogP contribution in [0.2, 0.25) is 0 Å². The topological polar surface area (TPSA) is 37.4 Å². The number of amides is 1. The van der Waals surface area contributed by atoms with Crippen LogP contribution >= 0.6 is 15.9 Å². The number of nitrogens with zero attached hydrogens (tertiary/aromatic N) is 1. The van der Waals surface area contributed by atoms with Crippen molar-refractivity contribution < 1.29 is 14.0 Å². The molecule has 1 fully saturated rings. The molecular formula is C10H7BrFNO2. The molecule has 78 valence electrons. The molecule has 0 saturated carbocycles. The van der Waals surface area contributed by atoms with Crippen molar-refractivity contribution in [2.75, 3.05) is 11.4 Å². The Morgan fingerprint density at radius 3 is 2.67 bits per heavy atom. The minimum absolute atomic E-state index is 0.196. The van der Waals surface area contributed by atoms with Crippen LogP contribution in [0, 0.1) is 5.82 Å². The molecule has 5 heteroatoms.